The number of benzene rings is 2. The summed E-state index contributed by atoms with van der Waals surface area (Å²) in [6.45, 7) is 1.21. The summed E-state index contributed by atoms with van der Waals surface area (Å²) in [5.41, 5.74) is 0.770. The number of nitrogens with one attached hydrogen (secondary N) is 2. The average molecular weight is 447 g/mol. The number of carbonyl (C=O) groups excluding carboxylic acids is 2. The van der Waals surface area contributed by atoms with Crippen LogP contribution in [-0.2, 0) is 11.3 Å². The van der Waals surface area contributed by atoms with Crippen LogP contribution in [0.4, 0.5) is 5.69 Å². The quantitative estimate of drug-likeness (QED) is 0.493. The Kier molecular flexibility index (Phi) is 5.25. The van der Waals surface area contributed by atoms with Gasteiger partial charge in [-0.3, -0.25) is 24.0 Å². The van der Waals surface area contributed by atoms with E-state index in [1.54, 1.807) is 35.2 Å². The second kappa shape index (κ2) is 8.38. The van der Waals surface area contributed by atoms with Gasteiger partial charge >= 0.3 is 5.76 Å². The number of hydrogen-bond acceptors (Lipinski definition) is 6. The molecule has 10 heteroatoms. The number of oxazole rings is 1. The van der Waals surface area contributed by atoms with Gasteiger partial charge in [-0.1, -0.05) is 12.1 Å². The largest absolute Gasteiger partial charge is 0.420 e. The molecule has 168 valence electrons. The van der Waals surface area contributed by atoms with Crippen molar-refractivity contribution in [3.63, 3.8) is 0 Å². The minimum absolute atomic E-state index is 0.144. The molecule has 1 saturated heterocycles. The van der Waals surface area contributed by atoms with E-state index >= 15 is 0 Å². The number of hydrogen-bond donors (Lipinski definition) is 2. The first-order chi connectivity index (χ1) is 16.0. The maximum absolute atomic E-state index is 12.7. The second-order valence-corrected chi connectivity index (χ2v) is 7.98. The first-order valence-corrected chi connectivity index (χ1v) is 10.7. The zero-order valence-corrected chi connectivity index (χ0v) is 17.7. The van der Waals surface area contributed by atoms with Crippen LogP contribution < -0.4 is 16.5 Å². The van der Waals surface area contributed by atoms with Crippen molar-refractivity contribution in [2.75, 3.05) is 18.4 Å². The van der Waals surface area contributed by atoms with Gasteiger partial charge < -0.3 is 14.6 Å². The highest BCUT2D eigenvalue weighted by Crippen LogP contribution is 2.20. The molecule has 1 aliphatic rings. The van der Waals surface area contributed by atoms with Crippen LogP contribution in [0.25, 0.3) is 22.0 Å². The van der Waals surface area contributed by atoms with Gasteiger partial charge in [-0.15, -0.1) is 0 Å². The summed E-state index contributed by atoms with van der Waals surface area (Å²) in [4.78, 5) is 52.2. The van der Waals surface area contributed by atoms with Gasteiger partial charge in [0.2, 0.25) is 11.3 Å². The van der Waals surface area contributed by atoms with E-state index in [1.165, 1.54) is 16.7 Å². The lowest BCUT2D eigenvalue weighted by molar-refractivity contribution is -0.132. The summed E-state index contributed by atoms with van der Waals surface area (Å²) in [6.07, 6.45) is 2.99. The number of aromatic nitrogens is 3. The predicted molar refractivity (Wildman–Crippen MR) is 121 cm³/mol. The number of para-hydroxylation sites is 1. The van der Waals surface area contributed by atoms with Crippen LogP contribution in [0.15, 0.2) is 56.5 Å². The van der Waals surface area contributed by atoms with Crippen LogP contribution in [0.2, 0.25) is 0 Å². The number of rotatable bonds is 4. The Balaban J connectivity index is 1.42. The minimum atomic E-state index is -0.692. The maximum atomic E-state index is 12.7. The fourth-order valence-electron chi connectivity index (χ4n) is 4.09. The first-order valence-electron chi connectivity index (χ1n) is 10.7. The van der Waals surface area contributed by atoms with Gasteiger partial charge in [-0.25, -0.2) is 4.79 Å². The van der Waals surface area contributed by atoms with E-state index in [9.17, 15) is 19.2 Å². The van der Waals surface area contributed by atoms with Gasteiger partial charge in [0, 0.05) is 24.2 Å². The standard InChI is InChI=1S/C23H21N5O5/c29-19(27-10-4-1-5-11-27)13-28-17-12-14(8-9-18(17)33-23(28)32)24-22(31)20-21(30)15-6-2-3-7-16(15)25-26-20/h2-3,6-9,12H,1,4-5,10-11,13H2,(H,24,31)(H,25,30). The highest BCUT2D eigenvalue weighted by molar-refractivity contribution is 6.04. The van der Waals surface area contributed by atoms with Gasteiger partial charge in [0.25, 0.3) is 5.91 Å². The summed E-state index contributed by atoms with van der Waals surface area (Å²) in [6, 6.07) is 11.4. The van der Waals surface area contributed by atoms with Gasteiger partial charge in [0.05, 0.1) is 11.0 Å². The van der Waals surface area contributed by atoms with E-state index in [-0.39, 0.29) is 18.1 Å². The Labute approximate surface area is 186 Å². The summed E-state index contributed by atoms with van der Waals surface area (Å²) in [7, 11) is 0. The molecule has 0 atom stereocenters. The van der Waals surface area contributed by atoms with Crippen molar-refractivity contribution in [1.29, 1.82) is 0 Å². The van der Waals surface area contributed by atoms with E-state index < -0.39 is 17.1 Å². The molecule has 33 heavy (non-hydrogen) atoms. The number of amides is 2. The first kappa shape index (κ1) is 20.7. The van der Waals surface area contributed by atoms with Crippen molar-refractivity contribution in [2.45, 2.75) is 25.8 Å². The van der Waals surface area contributed by atoms with Crippen LogP contribution in [0.1, 0.15) is 29.8 Å². The van der Waals surface area contributed by atoms with E-state index in [4.69, 9.17) is 4.42 Å². The fraction of sp³-hybridized carbons (Fsp3) is 0.261. The average Bonchev–Trinajstić information content (AvgIpc) is 3.14. The number of nitrogens with zero attached hydrogens (tertiary/aromatic N) is 3. The Morgan fingerprint density at radius 1 is 1.06 bits per heavy atom. The monoisotopic (exact) mass is 447 g/mol. The van der Waals surface area contributed by atoms with Crippen LogP contribution in [0, 0.1) is 0 Å². The van der Waals surface area contributed by atoms with E-state index in [0.29, 0.717) is 40.8 Å². The normalized spacial score (nSPS) is 14.0. The zero-order valence-electron chi connectivity index (χ0n) is 17.7. The number of H-pyrrole nitrogens is 1. The zero-order chi connectivity index (χ0) is 22.9. The fourth-order valence-corrected chi connectivity index (χ4v) is 4.09. The third-order valence-electron chi connectivity index (χ3n) is 5.82. The predicted octanol–water partition coefficient (Wildman–Crippen LogP) is 2.10. The number of anilines is 1. The Morgan fingerprint density at radius 3 is 2.67 bits per heavy atom. The molecular weight excluding hydrogens is 426 g/mol. The lowest BCUT2D eigenvalue weighted by Gasteiger charge is -2.26. The Bertz CT molecular complexity index is 1490. The third-order valence-corrected chi connectivity index (χ3v) is 5.82. The number of piperidine rings is 1. The number of fused-ring (bicyclic) bond motifs is 2. The molecule has 2 amide bonds. The molecule has 0 spiro atoms. The van der Waals surface area contributed by atoms with E-state index in [1.807, 2.05) is 0 Å². The van der Waals surface area contributed by atoms with Gasteiger partial charge in [-0.05, 0) is 49.6 Å². The Morgan fingerprint density at radius 2 is 1.85 bits per heavy atom. The van der Waals surface area contributed by atoms with Gasteiger partial charge in [-0.2, -0.15) is 5.10 Å². The molecule has 0 aliphatic carbocycles. The van der Waals surface area contributed by atoms with Gasteiger partial charge in [0.15, 0.2) is 11.3 Å². The molecule has 5 rings (SSSR count). The van der Waals surface area contributed by atoms with Gasteiger partial charge in [0.1, 0.15) is 6.54 Å². The highest BCUT2D eigenvalue weighted by Gasteiger charge is 2.21. The molecule has 0 unspecified atom stereocenters. The summed E-state index contributed by atoms with van der Waals surface area (Å²) < 4.78 is 6.51. The molecule has 2 aromatic heterocycles. The molecule has 4 aromatic rings. The van der Waals surface area contributed by atoms with Crippen molar-refractivity contribution in [2.24, 2.45) is 0 Å². The van der Waals surface area contributed by atoms with Crippen LogP contribution in [0.3, 0.4) is 0 Å². The molecule has 0 bridgehead atoms. The third kappa shape index (κ3) is 3.91. The summed E-state index contributed by atoms with van der Waals surface area (Å²) >= 11 is 0. The molecule has 1 aliphatic heterocycles. The van der Waals surface area contributed by atoms with Crippen molar-refractivity contribution in [3.05, 3.63) is 68.9 Å². The summed E-state index contributed by atoms with van der Waals surface area (Å²) in [5.74, 6) is -1.49. The van der Waals surface area contributed by atoms with Crippen LogP contribution in [0.5, 0.6) is 0 Å². The van der Waals surface area contributed by atoms with Crippen LogP contribution >= 0.6 is 0 Å². The molecule has 10 nitrogen and oxygen atoms in total. The van der Waals surface area contributed by atoms with Crippen molar-refractivity contribution in [1.82, 2.24) is 19.7 Å². The van der Waals surface area contributed by atoms with Crippen molar-refractivity contribution >= 4 is 39.5 Å². The lowest BCUT2D eigenvalue weighted by atomic mass is 10.1. The SMILES string of the molecule is O=C(Nc1ccc2oc(=O)n(CC(=O)N3CCCCC3)c2c1)c1n[nH]c2ccccc2c1=O. The van der Waals surface area contributed by atoms with Crippen molar-refractivity contribution < 1.29 is 14.0 Å². The second-order valence-electron chi connectivity index (χ2n) is 7.98. The molecule has 2 N–H and O–H groups in total. The topological polar surface area (TPSA) is 130 Å². The Hall–Kier alpha value is -4.21. The number of aromatic amines is 1. The number of likely N-dealkylation sites (tertiary alicyclic amines) is 1. The van der Waals surface area contributed by atoms with E-state index in [2.05, 4.69) is 15.5 Å². The molecule has 3 heterocycles. The van der Waals surface area contributed by atoms with Crippen molar-refractivity contribution in [3.8, 4) is 0 Å². The molecule has 2 aromatic carbocycles. The highest BCUT2D eigenvalue weighted by atomic mass is 16.4. The lowest BCUT2D eigenvalue weighted by Crippen LogP contribution is -2.39. The molecule has 1 fully saturated rings. The molecule has 0 radical (unpaired) electrons. The van der Waals surface area contributed by atoms with E-state index in [0.717, 1.165) is 19.3 Å². The molecule has 0 saturated carbocycles. The minimum Gasteiger partial charge on any atom is -0.408 e. The van der Waals surface area contributed by atoms with Crippen LogP contribution in [-0.4, -0.2) is 44.6 Å². The smallest absolute Gasteiger partial charge is 0.408 e. The number of carbonyl (C=O) groups is 2. The maximum Gasteiger partial charge on any atom is 0.420 e. The molecular formula is C23H21N5O5. The summed E-state index contributed by atoms with van der Waals surface area (Å²) in [5, 5.41) is 9.60.